The number of nitrogens with one attached hydrogen (secondary N) is 2. The number of fused-ring (bicyclic) bond motifs is 2. The SMILES string of the molecule is Cc1ccc(-n2nc(C(C)(C)C)cc2NC(=O)N[C@H]2CC[C@@H](Oc3ccc4nnc(N5CCCC(O[Si](C(C)C)(C(C)C)C(C)C)C5)n4c3)c3ccccc32)cc1. The Labute approximate surface area is 339 Å². The number of rotatable bonds is 11. The number of aromatic nitrogens is 5. The van der Waals surface area contributed by atoms with E-state index in [1.54, 1.807) is 0 Å². The van der Waals surface area contributed by atoms with Gasteiger partial charge in [-0.25, -0.2) is 9.48 Å². The van der Waals surface area contributed by atoms with Crippen LogP contribution in [0.4, 0.5) is 16.6 Å². The van der Waals surface area contributed by atoms with E-state index in [4.69, 9.17) is 14.3 Å². The molecule has 2 N–H and O–H groups in total. The van der Waals surface area contributed by atoms with Gasteiger partial charge in [0.1, 0.15) is 17.7 Å². The van der Waals surface area contributed by atoms with Crippen molar-refractivity contribution in [1.29, 1.82) is 0 Å². The molecule has 1 fully saturated rings. The third-order valence-electron chi connectivity index (χ3n) is 12.1. The molecule has 11 nitrogen and oxygen atoms in total. The maximum Gasteiger partial charge on any atom is 0.320 e. The summed E-state index contributed by atoms with van der Waals surface area (Å²) in [6.45, 7) is 24.3. The van der Waals surface area contributed by atoms with Gasteiger partial charge in [-0.15, -0.1) is 10.2 Å². The molecule has 2 aliphatic rings. The number of pyridine rings is 1. The zero-order valence-electron chi connectivity index (χ0n) is 35.5. The Bertz CT molecular complexity index is 2150. The van der Waals surface area contributed by atoms with E-state index >= 15 is 0 Å². The molecule has 3 atom stereocenters. The monoisotopic (exact) mass is 790 g/mol. The third kappa shape index (κ3) is 8.34. The predicted molar refractivity (Wildman–Crippen MR) is 231 cm³/mol. The van der Waals surface area contributed by atoms with Crippen molar-refractivity contribution >= 4 is 31.8 Å². The fourth-order valence-corrected chi connectivity index (χ4v) is 14.9. The Balaban J connectivity index is 1.06. The summed E-state index contributed by atoms with van der Waals surface area (Å²) in [6, 6.07) is 21.9. The van der Waals surface area contributed by atoms with E-state index in [1.807, 2.05) is 53.3 Å². The molecule has 1 unspecified atom stereocenters. The summed E-state index contributed by atoms with van der Waals surface area (Å²) in [5.41, 5.74) is 7.30. The summed E-state index contributed by atoms with van der Waals surface area (Å²) in [5.74, 6) is 2.20. The number of piperidine rings is 1. The van der Waals surface area contributed by atoms with Crippen molar-refractivity contribution in [2.75, 3.05) is 23.3 Å². The first-order chi connectivity index (χ1) is 27.1. The lowest BCUT2D eigenvalue weighted by Crippen LogP contribution is -2.53. The molecule has 3 aromatic heterocycles. The number of hydrogen-bond donors (Lipinski definition) is 2. The molecule has 57 heavy (non-hydrogen) atoms. The van der Waals surface area contributed by atoms with Crippen LogP contribution in [0.2, 0.25) is 16.6 Å². The largest absolute Gasteiger partial charge is 0.484 e. The van der Waals surface area contributed by atoms with E-state index in [-0.39, 0.29) is 29.7 Å². The number of ether oxygens (including phenoxy) is 1. The van der Waals surface area contributed by atoms with Crippen LogP contribution in [-0.2, 0) is 9.84 Å². The van der Waals surface area contributed by atoms with Crippen LogP contribution in [0.5, 0.6) is 5.75 Å². The van der Waals surface area contributed by atoms with Gasteiger partial charge in [-0.2, -0.15) is 5.10 Å². The molecule has 2 amide bonds. The highest BCUT2D eigenvalue weighted by Crippen LogP contribution is 2.44. The highest BCUT2D eigenvalue weighted by Gasteiger charge is 2.47. The van der Waals surface area contributed by atoms with Crippen molar-refractivity contribution in [2.24, 2.45) is 0 Å². The Morgan fingerprint density at radius 1 is 0.877 bits per heavy atom. The van der Waals surface area contributed by atoms with E-state index in [0.29, 0.717) is 22.4 Å². The van der Waals surface area contributed by atoms with E-state index in [1.165, 1.54) is 0 Å². The van der Waals surface area contributed by atoms with Gasteiger partial charge in [-0.05, 0) is 84.6 Å². The average Bonchev–Trinajstić information content (AvgIpc) is 3.79. The molecule has 0 spiro atoms. The van der Waals surface area contributed by atoms with Gasteiger partial charge in [-0.3, -0.25) is 9.72 Å². The Hall–Kier alpha value is -4.68. The molecule has 1 aliphatic heterocycles. The van der Waals surface area contributed by atoms with Crippen LogP contribution in [0.15, 0.2) is 72.9 Å². The second kappa shape index (κ2) is 16.3. The third-order valence-corrected chi connectivity index (χ3v) is 18.3. The Kier molecular flexibility index (Phi) is 11.6. The summed E-state index contributed by atoms with van der Waals surface area (Å²) in [7, 11) is -2.02. The average molecular weight is 791 g/mol. The van der Waals surface area contributed by atoms with E-state index in [9.17, 15) is 4.79 Å². The number of amides is 2. The first kappa shape index (κ1) is 40.5. The van der Waals surface area contributed by atoms with Crippen molar-refractivity contribution < 1.29 is 14.0 Å². The van der Waals surface area contributed by atoms with Gasteiger partial charge >= 0.3 is 6.03 Å². The number of benzene rings is 2. The van der Waals surface area contributed by atoms with Crippen LogP contribution in [0, 0.1) is 6.92 Å². The molecule has 0 saturated carbocycles. The number of hydrogen-bond acceptors (Lipinski definition) is 7. The summed E-state index contributed by atoms with van der Waals surface area (Å²) in [4.78, 5) is 16.0. The Morgan fingerprint density at radius 3 is 2.26 bits per heavy atom. The van der Waals surface area contributed by atoms with Gasteiger partial charge < -0.3 is 19.4 Å². The van der Waals surface area contributed by atoms with Gasteiger partial charge in [0.15, 0.2) is 5.65 Å². The minimum atomic E-state index is -2.02. The number of aryl methyl sites for hydroxylation is 1. The molecular formula is C45H62N8O3Si. The molecule has 2 aromatic carbocycles. The van der Waals surface area contributed by atoms with Gasteiger partial charge in [0.25, 0.3) is 0 Å². The normalized spacial score (nSPS) is 19.0. The number of urea groups is 1. The van der Waals surface area contributed by atoms with Crippen molar-refractivity contribution in [3.63, 3.8) is 0 Å². The Morgan fingerprint density at radius 2 is 1.58 bits per heavy atom. The zero-order valence-corrected chi connectivity index (χ0v) is 36.5. The summed E-state index contributed by atoms with van der Waals surface area (Å²) in [6.07, 6.45) is 5.60. The number of anilines is 2. The highest BCUT2D eigenvalue weighted by atomic mass is 28.4. The number of carbonyl (C=O) groups excluding carboxylic acids is 1. The fourth-order valence-electron chi connectivity index (χ4n) is 9.27. The lowest BCUT2D eigenvalue weighted by atomic mass is 9.85. The molecule has 0 radical (unpaired) electrons. The van der Waals surface area contributed by atoms with Gasteiger partial charge in [0, 0.05) is 24.6 Å². The van der Waals surface area contributed by atoms with E-state index < -0.39 is 8.32 Å². The lowest BCUT2D eigenvalue weighted by Gasteiger charge is -2.46. The topological polar surface area (TPSA) is 111 Å². The quantitative estimate of drug-likeness (QED) is 0.128. The van der Waals surface area contributed by atoms with Crippen molar-refractivity contribution in [3.8, 4) is 11.4 Å². The van der Waals surface area contributed by atoms with Gasteiger partial charge in [0.2, 0.25) is 14.3 Å². The summed E-state index contributed by atoms with van der Waals surface area (Å²) in [5, 5.41) is 20.5. The molecule has 5 aromatic rings. The van der Waals surface area contributed by atoms with Crippen LogP contribution in [0.25, 0.3) is 11.3 Å². The van der Waals surface area contributed by atoms with Gasteiger partial charge in [0.05, 0.1) is 29.7 Å². The summed E-state index contributed by atoms with van der Waals surface area (Å²) < 4.78 is 17.9. The molecule has 7 rings (SSSR count). The fraction of sp³-hybridized carbons (Fsp3) is 0.511. The molecule has 12 heteroatoms. The molecular weight excluding hydrogens is 729 g/mol. The first-order valence-corrected chi connectivity index (χ1v) is 23.1. The minimum absolute atomic E-state index is 0.170. The molecule has 1 aliphatic carbocycles. The molecule has 4 heterocycles. The summed E-state index contributed by atoms with van der Waals surface area (Å²) >= 11 is 0. The maximum absolute atomic E-state index is 13.7. The van der Waals surface area contributed by atoms with Crippen LogP contribution >= 0.6 is 0 Å². The molecule has 1 saturated heterocycles. The van der Waals surface area contributed by atoms with Crippen molar-refractivity contribution in [1.82, 2.24) is 29.7 Å². The standard InChI is InChI=1S/C45H62N8O3Si/c1-29(2)57(30(3)4,31(5)6)56-35-14-13-25-51(27-35)44-49-48-41-24-21-34(28-52(41)44)55-39-23-22-38(36-15-11-12-16-37(36)39)46-43(54)47-42-26-40(45(8,9)10)50-53(42)33-19-17-32(7)18-20-33/h11-12,15-21,24,26,28-31,35,38-39H,13-14,22-23,25,27H2,1-10H3,(H2,46,47,54)/t35?,38-,39+/m0/s1. The number of nitrogens with zero attached hydrogens (tertiary/aromatic N) is 6. The van der Waals surface area contributed by atoms with Gasteiger partial charge in [-0.1, -0.05) is 104 Å². The number of carbonyl (C=O) groups is 1. The first-order valence-electron chi connectivity index (χ1n) is 20.9. The molecule has 304 valence electrons. The smallest absolute Gasteiger partial charge is 0.320 e. The zero-order chi connectivity index (χ0) is 40.6. The maximum atomic E-state index is 13.7. The predicted octanol–water partition coefficient (Wildman–Crippen LogP) is 10.5. The van der Waals surface area contributed by atoms with Crippen LogP contribution in [-0.4, -0.2) is 57.9 Å². The van der Waals surface area contributed by atoms with Crippen LogP contribution in [0.1, 0.15) is 123 Å². The van der Waals surface area contributed by atoms with E-state index in [2.05, 4.69) is 124 Å². The lowest BCUT2D eigenvalue weighted by molar-refractivity contribution is 0.153. The van der Waals surface area contributed by atoms with Crippen LogP contribution < -0.4 is 20.3 Å². The molecule has 0 bridgehead atoms. The van der Waals surface area contributed by atoms with Crippen molar-refractivity contribution in [3.05, 3.63) is 95.3 Å². The van der Waals surface area contributed by atoms with Crippen LogP contribution in [0.3, 0.4) is 0 Å². The second-order valence-corrected chi connectivity index (χ2v) is 23.5. The second-order valence-electron chi connectivity index (χ2n) is 18.1. The van der Waals surface area contributed by atoms with E-state index in [0.717, 1.165) is 84.2 Å². The highest BCUT2D eigenvalue weighted by molar-refractivity contribution is 6.77. The minimum Gasteiger partial charge on any atom is -0.484 e. The van der Waals surface area contributed by atoms with Crippen molar-refractivity contribution in [2.45, 2.75) is 135 Å².